The van der Waals surface area contributed by atoms with Crippen LogP contribution in [0.5, 0.6) is 0 Å². The van der Waals surface area contributed by atoms with E-state index in [4.69, 9.17) is 4.74 Å². The summed E-state index contributed by atoms with van der Waals surface area (Å²) < 4.78 is 5.53. The van der Waals surface area contributed by atoms with E-state index in [0.717, 1.165) is 38.0 Å². The van der Waals surface area contributed by atoms with Crippen LogP contribution in [0.1, 0.15) is 98.8 Å². The van der Waals surface area contributed by atoms with Crippen molar-refractivity contribution in [3.8, 4) is 0 Å². The summed E-state index contributed by atoms with van der Waals surface area (Å²) in [5.41, 5.74) is 4.05. The summed E-state index contributed by atoms with van der Waals surface area (Å²) in [6, 6.07) is 0. The molecule has 31 heavy (non-hydrogen) atoms. The smallest absolute Gasteiger partial charge is 0.303 e. The van der Waals surface area contributed by atoms with Gasteiger partial charge in [-0.3, -0.25) is 4.79 Å². The van der Waals surface area contributed by atoms with Crippen molar-refractivity contribution in [2.24, 2.45) is 23.2 Å². The fourth-order valence-corrected chi connectivity index (χ4v) is 6.83. The molecule has 0 spiro atoms. The Labute approximate surface area is 190 Å². The SMILES string of the molecule is C=C1CC[C@H](O)CC1=CC=C1CCC[C@@]2(C)[C@@H]1CC[C@@H]2[C@H](C)CCC(C)(C)OC(C)=O. The van der Waals surface area contributed by atoms with Crippen molar-refractivity contribution in [2.75, 3.05) is 0 Å². The molecule has 3 nitrogen and oxygen atoms in total. The van der Waals surface area contributed by atoms with Crippen LogP contribution in [-0.4, -0.2) is 22.8 Å². The molecule has 0 bridgehead atoms. The van der Waals surface area contributed by atoms with Gasteiger partial charge < -0.3 is 9.84 Å². The van der Waals surface area contributed by atoms with E-state index < -0.39 is 0 Å². The predicted molar refractivity (Wildman–Crippen MR) is 128 cm³/mol. The molecule has 3 heteroatoms. The summed E-state index contributed by atoms with van der Waals surface area (Å²) in [6.07, 6.45) is 15.4. The molecular formula is C28H44O3. The van der Waals surface area contributed by atoms with E-state index in [0.29, 0.717) is 17.3 Å². The van der Waals surface area contributed by atoms with Crippen LogP contribution in [-0.2, 0) is 9.53 Å². The second kappa shape index (κ2) is 9.65. The maximum absolute atomic E-state index is 11.4. The lowest BCUT2D eigenvalue weighted by Crippen LogP contribution is -2.36. The predicted octanol–water partition coefficient (Wildman–Crippen LogP) is 6.91. The minimum atomic E-state index is -0.379. The average Bonchev–Trinajstić information content (AvgIpc) is 3.03. The van der Waals surface area contributed by atoms with E-state index >= 15 is 0 Å². The highest BCUT2D eigenvalue weighted by Gasteiger charge is 2.50. The molecule has 0 aromatic rings. The van der Waals surface area contributed by atoms with Crippen LogP contribution in [0.2, 0.25) is 0 Å². The van der Waals surface area contributed by atoms with Gasteiger partial charge in [0.05, 0.1) is 6.10 Å². The summed E-state index contributed by atoms with van der Waals surface area (Å²) in [5.74, 6) is 1.85. The van der Waals surface area contributed by atoms with Gasteiger partial charge in [0, 0.05) is 6.92 Å². The van der Waals surface area contributed by atoms with Crippen molar-refractivity contribution in [2.45, 2.75) is 111 Å². The Morgan fingerprint density at radius 2 is 2.03 bits per heavy atom. The third-order valence-corrected chi connectivity index (χ3v) is 8.53. The molecule has 0 saturated heterocycles. The van der Waals surface area contributed by atoms with E-state index in [1.165, 1.54) is 50.2 Å². The highest BCUT2D eigenvalue weighted by atomic mass is 16.6. The summed E-state index contributed by atoms with van der Waals surface area (Å²) in [5, 5.41) is 10.0. The fourth-order valence-electron chi connectivity index (χ4n) is 6.83. The van der Waals surface area contributed by atoms with Gasteiger partial charge in [0.1, 0.15) is 5.60 Å². The number of hydrogen-bond acceptors (Lipinski definition) is 3. The molecule has 5 atom stereocenters. The average molecular weight is 429 g/mol. The van der Waals surface area contributed by atoms with Gasteiger partial charge in [-0.2, -0.15) is 0 Å². The van der Waals surface area contributed by atoms with Gasteiger partial charge in [0.15, 0.2) is 0 Å². The highest BCUT2D eigenvalue weighted by molar-refractivity contribution is 5.66. The molecule has 0 aromatic heterocycles. The summed E-state index contributed by atoms with van der Waals surface area (Å²) in [7, 11) is 0. The van der Waals surface area contributed by atoms with Crippen molar-refractivity contribution in [1.29, 1.82) is 0 Å². The first-order valence-corrected chi connectivity index (χ1v) is 12.5. The summed E-state index contributed by atoms with van der Waals surface area (Å²) in [4.78, 5) is 11.4. The van der Waals surface area contributed by atoms with E-state index in [9.17, 15) is 9.90 Å². The second-order valence-electron chi connectivity index (χ2n) is 11.4. The van der Waals surface area contributed by atoms with Gasteiger partial charge in [-0.15, -0.1) is 0 Å². The molecule has 3 aliphatic carbocycles. The Hall–Kier alpha value is -1.35. The lowest BCUT2D eigenvalue weighted by atomic mass is 9.60. The van der Waals surface area contributed by atoms with Crippen LogP contribution in [0.25, 0.3) is 0 Å². The molecule has 0 amide bonds. The number of ether oxygens (including phenoxy) is 1. The summed E-state index contributed by atoms with van der Waals surface area (Å²) in [6.45, 7) is 14.7. The Morgan fingerprint density at radius 1 is 1.29 bits per heavy atom. The van der Waals surface area contributed by atoms with E-state index in [-0.39, 0.29) is 17.7 Å². The molecule has 3 rings (SSSR count). The fraction of sp³-hybridized carbons (Fsp3) is 0.750. The molecule has 3 aliphatic rings. The van der Waals surface area contributed by atoms with Crippen LogP contribution in [0.3, 0.4) is 0 Å². The van der Waals surface area contributed by atoms with Gasteiger partial charge in [-0.05, 0) is 107 Å². The molecule has 0 radical (unpaired) electrons. The number of carbonyl (C=O) groups is 1. The molecule has 0 aliphatic heterocycles. The first-order chi connectivity index (χ1) is 14.5. The molecule has 0 heterocycles. The molecular weight excluding hydrogens is 384 g/mol. The van der Waals surface area contributed by atoms with Crippen LogP contribution < -0.4 is 0 Å². The van der Waals surface area contributed by atoms with Crippen LogP contribution in [0.4, 0.5) is 0 Å². The zero-order valence-electron chi connectivity index (χ0n) is 20.5. The quantitative estimate of drug-likeness (QED) is 0.467. The van der Waals surface area contributed by atoms with Crippen molar-refractivity contribution in [1.82, 2.24) is 0 Å². The zero-order valence-corrected chi connectivity index (χ0v) is 20.5. The Bertz CT molecular complexity index is 743. The number of rotatable bonds is 6. The number of hydrogen-bond donors (Lipinski definition) is 1. The Morgan fingerprint density at radius 3 is 2.74 bits per heavy atom. The first-order valence-electron chi connectivity index (χ1n) is 12.5. The largest absolute Gasteiger partial charge is 0.460 e. The standard InChI is InChI=1S/C28H44O3/c1-19-9-12-24(30)18-23(19)11-10-22-8-7-16-28(6)25(13-14-26(22)28)20(2)15-17-27(4,5)31-21(3)29/h10-11,20,24-26,30H,1,7-9,12-18H2,2-6H3/t20-,24+,25-,26-,28-/m1/s1. The molecule has 3 fully saturated rings. The van der Waals surface area contributed by atoms with Crippen molar-refractivity contribution in [3.05, 3.63) is 35.5 Å². The maximum Gasteiger partial charge on any atom is 0.303 e. The van der Waals surface area contributed by atoms with Gasteiger partial charge in [0.2, 0.25) is 0 Å². The number of aliphatic hydroxyl groups excluding tert-OH is 1. The summed E-state index contributed by atoms with van der Waals surface area (Å²) >= 11 is 0. The Balaban J connectivity index is 1.69. The van der Waals surface area contributed by atoms with E-state index in [1.54, 1.807) is 5.57 Å². The van der Waals surface area contributed by atoms with Gasteiger partial charge in [0.25, 0.3) is 0 Å². The van der Waals surface area contributed by atoms with Crippen molar-refractivity contribution >= 4 is 5.97 Å². The van der Waals surface area contributed by atoms with Crippen LogP contribution >= 0.6 is 0 Å². The van der Waals surface area contributed by atoms with Crippen LogP contribution in [0, 0.1) is 23.2 Å². The van der Waals surface area contributed by atoms with Crippen molar-refractivity contribution < 1.29 is 14.6 Å². The van der Waals surface area contributed by atoms with Gasteiger partial charge in [-0.1, -0.05) is 43.7 Å². The monoisotopic (exact) mass is 428 g/mol. The number of allylic oxidation sites excluding steroid dienone is 4. The number of fused-ring (bicyclic) bond motifs is 1. The number of carbonyl (C=O) groups excluding carboxylic acids is 1. The van der Waals surface area contributed by atoms with E-state index in [2.05, 4.69) is 32.6 Å². The van der Waals surface area contributed by atoms with E-state index in [1.807, 2.05) is 13.8 Å². The van der Waals surface area contributed by atoms with Crippen molar-refractivity contribution in [3.63, 3.8) is 0 Å². The second-order valence-corrected chi connectivity index (χ2v) is 11.4. The molecule has 0 unspecified atom stereocenters. The molecule has 3 saturated carbocycles. The molecule has 174 valence electrons. The first kappa shape index (κ1) is 24.3. The highest BCUT2D eigenvalue weighted by Crippen LogP contribution is 2.60. The Kier molecular flexibility index (Phi) is 7.56. The zero-order chi connectivity index (χ0) is 22.8. The molecule has 0 aromatic carbocycles. The lowest BCUT2D eigenvalue weighted by molar-refractivity contribution is -0.154. The number of esters is 1. The number of aliphatic hydroxyl groups is 1. The topological polar surface area (TPSA) is 46.5 Å². The minimum absolute atomic E-state index is 0.185. The van der Waals surface area contributed by atoms with Gasteiger partial charge in [-0.25, -0.2) is 0 Å². The lowest BCUT2D eigenvalue weighted by Gasteiger charge is -2.44. The van der Waals surface area contributed by atoms with Gasteiger partial charge >= 0.3 is 5.97 Å². The van der Waals surface area contributed by atoms with Crippen LogP contribution in [0.15, 0.2) is 35.5 Å². The normalized spacial score (nSPS) is 35.3. The molecule has 1 N–H and O–H groups in total. The third-order valence-electron chi connectivity index (χ3n) is 8.53. The minimum Gasteiger partial charge on any atom is -0.460 e. The third kappa shape index (κ3) is 5.72. The maximum atomic E-state index is 11.4.